The van der Waals surface area contributed by atoms with Gasteiger partial charge in [-0.3, -0.25) is 9.36 Å². The Labute approximate surface area is 151 Å². The fraction of sp³-hybridized carbons (Fsp3) is 0.474. The quantitative estimate of drug-likeness (QED) is 0.835. The predicted octanol–water partition coefficient (Wildman–Crippen LogP) is 4.72. The predicted molar refractivity (Wildman–Crippen MR) is 94.5 cm³/mol. The molecule has 0 unspecified atom stereocenters. The van der Waals surface area contributed by atoms with Gasteiger partial charge in [-0.2, -0.15) is 13.2 Å². The van der Waals surface area contributed by atoms with Crippen molar-refractivity contribution in [2.45, 2.75) is 58.7 Å². The second-order valence-electron chi connectivity index (χ2n) is 8.28. The summed E-state index contributed by atoms with van der Waals surface area (Å²) in [4.78, 5) is 16.2. The van der Waals surface area contributed by atoms with Gasteiger partial charge in [0.25, 0.3) is 5.91 Å². The lowest BCUT2D eigenvalue weighted by atomic mass is 9.85. The van der Waals surface area contributed by atoms with Crippen molar-refractivity contribution in [2.24, 2.45) is 0 Å². The van der Waals surface area contributed by atoms with Crippen molar-refractivity contribution in [3.8, 4) is 5.69 Å². The number of nitrogens with zero attached hydrogens (tertiary/aromatic N) is 2. The third-order valence-electron chi connectivity index (χ3n) is 3.71. The second-order valence-corrected chi connectivity index (χ2v) is 8.28. The summed E-state index contributed by atoms with van der Waals surface area (Å²) in [6.45, 7) is 10.9. The highest BCUT2D eigenvalue weighted by Gasteiger charge is 2.41. The minimum absolute atomic E-state index is 0.356. The number of nitrogens with one attached hydrogen (secondary N) is 1. The first-order chi connectivity index (χ1) is 11.7. The zero-order valence-corrected chi connectivity index (χ0v) is 15.8. The molecule has 142 valence electrons. The zero-order chi connectivity index (χ0) is 19.9. The lowest BCUT2D eigenvalue weighted by molar-refractivity contribution is -0.142. The van der Waals surface area contributed by atoms with Gasteiger partial charge in [-0.15, -0.1) is 0 Å². The number of imidazole rings is 1. The molecule has 0 spiro atoms. The Morgan fingerprint density at radius 1 is 1.04 bits per heavy atom. The molecule has 0 bridgehead atoms. The molecule has 0 saturated carbocycles. The molecule has 0 aliphatic carbocycles. The topological polar surface area (TPSA) is 46.9 Å². The summed E-state index contributed by atoms with van der Waals surface area (Å²) in [7, 11) is 0. The lowest BCUT2D eigenvalue weighted by Gasteiger charge is -2.24. The number of rotatable bonds is 2. The van der Waals surface area contributed by atoms with E-state index in [0.717, 1.165) is 16.5 Å². The summed E-state index contributed by atoms with van der Waals surface area (Å²) in [5.74, 6) is -0.850. The van der Waals surface area contributed by atoms with Crippen molar-refractivity contribution in [2.75, 3.05) is 0 Å². The number of halogens is 3. The van der Waals surface area contributed by atoms with Gasteiger partial charge in [0.1, 0.15) is 6.33 Å². The van der Waals surface area contributed by atoms with Crippen LogP contribution in [0.25, 0.3) is 5.69 Å². The average Bonchev–Trinajstić information content (AvgIpc) is 2.89. The molecule has 2 rings (SSSR count). The summed E-state index contributed by atoms with van der Waals surface area (Å²) in [6.07, 6.45) is -3.67. The molecule has 0 aliphatic heterocycles. The van der Waals surface area contributed by atoms with Gasteiger partial charge in [0, 0.05) is 5.54 Å². The molecule has 4 nitrogen and oxygen atoms in total. The number of carbonyl (C=O) groups excluding carboxylic acids is 1. The standard InChI is InChI=1S/C19H24F3N3O/c1-17(2,3)12-9-7-8-10-13(12)25-11-23-14(15(25)19(20,21)22)16(26)24-18(4,5)6/h7-11H,1-6H3,(H,24,26). The number of hydrogen-bond acceptors (Lipinski definition) is 2. The molecule has 1 aromatic heterocycles. The molecular weight excluding hydrogens is 343 g/mol. The highest BCUT2D eigenvalue weighted by Crippen LogP contribution is 2.36. The fourth-order valence-electron chi connectivity index (χ4n) is 2.69. The van der Waals surface area contributed by atoms with Crippen molar-refractivity contribution in [1.29, 1.82) is 0 Å². The average molecular weight is 367 g/mol. The third kappa shape index (κ3) is 4.26. The van der Waals surface area contributed by atoms with Gasteiger partial charge in [0.05, 0.1) is 5.69 Å². The number of amides is 1. The normalized spacial score (nSPS) is 13.0. The summed E-state index contributed by atoms with van der Waals surface area (Å²) in [5, 5.41) is 2.54. The van der Waals surface area contributed by atoms with Gasteiger partial charge in [0.15, 0.2) is 11.4 Å². The van der Waals surface area contributed by atoms with Gasteiger partial charge >= 0.3 is 6.18 Å². The maximum Gasteiger partial charge on any atom is 0.434 e. The molecule has 0 fully saturated rings. The van der Waals surface area contributed by atoms with Crippen molar-refractivity contribution >= 4 is 5.91 Å². The Morgan fingerprint density at radius 2 is 1.62 bits per heavy atom. The first kappa shape index (κ1) is 20.0. The number of carbonyl (C=O) groups is 1. The summed E-state index contributed by atoms with van der Waals surface area (Å²) >= 11 is 0. The second kappa shape index (κ2) is 6.45. The molecule has 0 aliphatic rings. The monoisotopic (exact) mass is 367 g/mol. The number of para-hydroxylation sites is 1. The number of hydrogen-bond donors (Lipinski definition) is 1. The molecule has 0 radical (unpaired) electrons. The highest BCUT2D eigenvalue weighted by molar-refractivity contribution is 5.94. The number of alkyl halides is 3. The first-order valence-corrected chi connectivity index (χ1v) is 8.29. The maximum atomic E-state index is 13.8. The maximum absolute atomic E-state index is 13.8. The van der Waals surface area contributed by atoms with E-state index in [1.165, 1.54) is 0 Å². The molecular formula is C19H24F3N3O. The van der Waals surface area contributed by atoms with E-state index in [-0.39, 0.29) is 5.41 Å². The van der Waals surface area contributed by atoms with Gasteiger partial charge in [-0.25, -0.2) is 4.98 Å². The summed E-state index contributed by atoms with van der Waals surface area (Å²) < 4.78 is 42.4. The minimum Gasteiger partial charge on any atom is -0.346 e. The van der Waals surface area contributed by atoms with Crippen LogP contribution < -0.4 is 5.32 Å². The van der Waals surface area contributed by atoms with E-state index in [1.807, 2.05) is 20.8 Å². The Morgan fingerprint density at radius 3 is 2.12 bits per heavy atom. The van der Waals surface area contributed by atoms with Crippen LogP contribution in [0.5, 0.6) is 0 Å². The van der Waals surface area contributed by atoms with E-state index in [0.29, 0.717) is 5.69 Å². The van der Waals surface area contributed by atoms with E-state index < -0.39 is 29.0 Å². The molecule has 7 heteroatoms. The Hall–Kier alpha value is -2.31. The fourth-order valence-corrected chi connectivity index (χ4v) is 2.69. The smallest absolute Gasteiger partial charge is 0.346 e. The van der Waals surface area contributed by atoms with Gasteiger partial charge in [-0.05, 0) is 37.8 Å². The van der Waals surface area contributed by atoms with Crippen LogP contribution >= 0.6 is 0 Å². The first-order valence-electron chi connectivity index (χ1n) is 8.29. The molecule has 1 amide bonds. The van der Waals surface area contributed by atoms with Crippen LogP contribution in [-0.4, -0.2) is 21.0 Å². The van der Waals surface area contributed by atoms with E-state index in [9.17, 15) is 18.0 Å². The minimum atomic E-state index is -4.73. The molecule has 0 atom stereocenters. The van der Waals surface area contributed by atoms with Crippen LogP contribution in [-0.2, 0) is 11.6 Å². The number of aromatic nitrogens is 2. The molecule has 1 N–H and O–H groups in total. The van der Waals surface area contributed by atoms with E-state index in [4.69, 9.17) is 0 Å². The largest absolute Gasteiger partial charge is 0.434 e. The van der Waals surface area contributed by atoms with Crippen molar-refractivity contribution < 1.29 is 18.0 Å². The van der Waals surface area contributed by atoms with Gasteiger partial charge in [-0.1, -0.05) is 39.0 Å². The summed E-state index contributed by atoms with van der Waals surface area (Å²) in [5.41, 5.74) is -1.67. The lowest BCUT2D eigenvalue weighted by Crippen LogP contribution is -2.41. The van der Waals surface area contributed by atoms with E-state index >= 15 is 0 Å². The molecule has 1 aromatic carbocycles. The highest BCUT2D eigenvalue weighted by atomic mass is 19.4. The van der Waals surface area contributed by atoms with E-state index in [2.05, 4.69) is 10.3 Å². The SMILES string of the molecule is CC(C)(C)NC(=O)c1ncn(-c2ccccc2C(C)(C)C)c1C(F)(F)F. The molecule has 2 aromatic rings. The molecule has 26 heavy (non-hydrogen) atoms. The zero-order valence-electron chi connectivity index (χ0n) is 15.8. The Bertz CT molecular complexity index is 809. The third-order valence-corrected chi connectivity index (χ3v) is 3.71. The Kier molecular flexibility index (Phi) is 4.96. The van der Waals surface area contributed by atoms with Gasteiger partial charge in [0.2, 0.25) is 0 Å². The Balaban J connectivity index is 2.69. The van der Waals surface area contributed by atoms with Crippen molar-refractivity contribution in [3.05, 3.63) is 47.5 Å². The van der Waals surface area contributed by atoms with Crippen molar-refractivity contribution in [3.63, 3.8) is 0 Å². The van der Waals surface area contributed by atoms with Crippen LogP contribution in [0.3, 0.4) is 0 Å². The van der Waals surface area contributed by atoms with E-state index in [1.54, 1.807) is 45.0 Å². The molecule has 0 saturated heterocycles. The number of benzene rings is 1. The van der Waals surface area contributed by atoms with Crippen LogP contribution in [0.2, 0.25) is 0 Å². The van der Waals surface area contributed by atoms with Crippen molar-refractivity contribution in [1.82, 2.24) is 14.9 Å². The van der Waals surface area contributed by atoms with Crippen LogP contribution in [0.4, 0.5) is 13.2 Å². The molecule has 1 heterocycles. The van der Waals surface area contributed by atoms with Crippen LogP contribution in [0.15, 0.2) is 30.6 Å². The van der Waals surface area contributed by atoms with Crippen LogP contribution in [0, 0.1) is 0 Å². The summed E-state index contributed by atoms with van der Waals surface area (Å²) in [6, 6.07) is 6.83. The van der Waals surface area contributed by atoms with Gasteiger partial charge < -0.3 is 5.32 Å². The van der Waals surface area contributed by atoms with Crippen LogP contribution in [0.1, 0.15) is 63.3 Å².